The Morgan fingerprint density at radius 1 is 0.958 bits per heavy atom. The predicted molar refractivity (Wildman–Crippen MR) is 95.3 cm³/mol. The SMILES string of the molecule is O=C1CCCCN1c1ccc(NS(=O)(=O)Cc2ccccc2)cc1. The van der Waals surface area contributed by atoms with E-state index in [0.717, 1.165) is 30.6 Å². The van der Waals surface area contributed by atoms with Crippen LogP contribution in [0.5, 0.6) is 0 Å². The first-order valence-electron chi connectivity index (χ1n) is 7.98. The Morgan fingerprint density at radius 2 is 1.67 bits per heavy atom. The van der Waals surface area contributed by atoms with Gasteiger partial charge in [-0.05, 0) is 42.7 Å². The molecule has 2 aromatic rings. The van der Waals surface area contributed by atoms with Gasteiger partial charge in [0.1, 0.15) is 0 Å². The van der Waals surface area contributed by atoms with Gasteiger partial charge in [-0.2, -0.15) is 0 Å². The van der Waals surface area contributed by atoms with Crippen molar-refractivity contribution in [3.05, 3.63) is 60.2 Å². The highest BCUT2D eigenvalue weighted by atomic mass is 32.2. The number of amides is 1. The Labute approximate surface area is 142 Å². The van der Waals surface area contributed by atoms with Crippen LogP contribution >= 0.6 is 0 Å². The van der Waals surface area contributed by atoms with Crippen LogP contribution in [0.3, 0.4) is 0 Å². The van der Waals surface area contributed by atoms with E-state index in [9.17, 15) is 13.2 Å². The molecule has 0 radical (unpaired) electrons. The van der Waals surface area contributed by atoms with Crippen molar-refractivity contribution < 1.29 is 13.2 Å². The monoisotopic (exact) mass is 344 g/mol. The molecule has 0 unspecified atom stereocenters. The van der Waals surface area contributed by atoms with Gasteiger partial charge in [0.05, 0.1) is 5.75 Å². The number of anilines is 2. The van der Waals surface area contributed by atoms with Gasteiger partial charge in [-0.15, -0.1) is 0 Å². The van der Waals surface area contributed by atoms with Crippen molar-refractivity contribution in [1.29, 1.82) is 0 Å². The lowest BCUT2D eigenvalue weighted by Crippen LogP contribution is -2.35. The summed E-state index contributed by atoms with van der Waals surface area (Å²) in [6, 6.07) is 16.0. The molecule has 5 nitrogen and oxygen atoms in total. The Balaban J connectivity index is 1.68. The van der Waals surface area contributed by atoms with Gasteiger partial charge in [-0.25, -0.2) is 8.42 Å². The maximum Gasteiger partial charge on any atom is 0.236 e. The van der Waals surface area contributed by atoms with Crippen molar-refractivity contribution in [2.24, 2.45) is 0 Å². The minimum Gasteiger partial charge on any atom is -0.312 e. The van der Waals surface area contributed by atoms with Gasteiger partial charge < -0.3 is 4.90 Å². The van der Waals surface area contributed by atoms with Crippen molar-refractivity contribution in [3.63, 3.8) is 0 Å². The molecule has 0 aromatic heterocycles. The fraction of sp³-hybridized carbons (Fsp3) is 0.278. The van der Waals surface area contributed by atoms with Crippen LogP contribution in [0.1, 0.15) is 24.8 Å². The number of rotatable bonds is 5. The first-order valence-corrected chi connectivity index (χ1v) is 9.64. The van der Waals surface area contributed by atoms with Crippen molar-refractivity contribution >= 4 is 27.3 Å². The zero-order valence-electron chi connectivity index (χ0n) is 13.3. The van der Waals surface area contributed by atoms with Gasteiger partial charge >= 0.3 is 0 Å². The van der Waals surface area contributed by atoms with Crippen LogP contribution in [-0.2, 0) is 20.6 Å². The molecule has 1 saturated heterocycles. The van der Waals surface area contributed by atoms with Gasteiger partial charge in [-0.1, -0.05) is 30.3 Å². The first-order chi connectivity index (χ1) is 11.5. The molecule has 1 N–H and O–H groups in total. The van der Waals surface area contributed by atoms with E-state index in [4.69, 9.17) is 0 Å². The number of benzene rings is 2. The summed E-state index contributed by atoms with van der Waals surface area (Å²) in [4.78, 5) is 13.7. The van der Waals surface area contributed by atoms with Crippen LogP contribution in [0.2, 0.25) is 0 Å². The molecular weight excluding hydrogens is 324 g/mol. The molecule has 0 spiro atoms. The van der Waals surface area contributed by atoms with Crippen molar-refractivity contribution in [2.45, 2.75) is 25.0 Å². The molecule has 1 aliphatic heterocycles. The minimum absolute atomic E-state index is 0.0692. The summed E-state index contributed by atoms with van der Waals surface area (Å²) in [5.41, 5.74) is 2.05. The summed E-state index contributed by atoms with van der Waals surface area (Å²) in [7, 11) is -3.47. The normalized spacial score (nSPS) is 15.3. The maximum atomic E-state index is 12.2. The second-order valence-corrected chi connectivity index (χ2v) is 7.62. The van der Waals surface area contributed by atoms with Gasteiger partial charge in [-0.3, -0.25) is 9.52 Å². The quantitative estimate of drug-likeness (QED) is 0.906. The number of hydrogen-bond donors (Lipinski definition) is 1. The molecule has 3 rings (SSSR count). The van der Waals surface area contributed by atoms with Crippen LogP contribution in [0, 0.1) is 0 Å². The van der Waals surface area contributed by atoms with E-state index in [0.29, 0.717) is 12.1 Å². The molecule has 1 amide bonds. The Bertz CT molecular complexity index is 802. The number of nitrogens with zero attached hydrogens (tertiary/aromatic N) is 1. The third-order valence-electron chi connectivity index (χ3n) is 3.98. The van der Waals surface area contributed by atoms with Crippen LogP contribution in [0.4, 0.5) is 11.4 Å². The number of carbonyl (C=O) groups excluding carboxylic acids is 1. The summed E-state index contributed by atoms with van der Waals surface area (Å²) in [5, 5.41) is 0. The largest absolute Gasteiger partial charge is 0.312 e. The summed E-state index contributed by atoms with van der Waals surface area (Å²) in [6.07, 6.45) is 2.51. The molecule has 1 aliphatic rings. The number of carbonyl (C=O) groups is 1. The van der Waals surface area contributed by atoms with E-state index in [-0.39, 0.29) is 11.7 Å². The van der Waals surface area contributed by atoms with Gasteiger partial charge in [0.2, 0.25) is 15.9 Å². The van der Waals surface area contributed by atoms with Gasteiger partial charge in [0.15, 0.2) is 0 Å². The molecule has 0 atom stereocenters. The number of sulfonamides is 1. The summed E-state index contributed by atoms with van der Waals surface area (Å²) in [5.74, 6) is 0.0545. The lowest BCUT2D eigenvalue weighted by molar-refractivity contribution is -0.119. The van der Waals surface area contributed by atoms with Crippen molar-refractivity contribution in [3.8, 4) is 0 Å². The van der Waals surface area contributed by atoms with Gasteiger partial charge in [0, 0.05) is 24.3 Å². The summed E-state index contributed by atoms with van der Waals surface area (Å²) < 4.78 is 27.0. The van der Waals surface area contributed by atoms with E-state index in [1.165, 1.54) is 0 Å². The molecule has 2 aromatic carbocycles. The van der Waals surface area contributed by atoms with Crippen molar-refractivity contribution in [1.82, 2.24) is 0 Å². The number of nitrogens with one attached hydrogen (secondary N) is 1. The predicted octanol–water partition coefficient (Wildman–Crippen LogP) is 3.15. The third-order valence-corrected chi connectivity index (χ3v) is 5.24. The van der Waals surface area contributed by atoms with Crippen molar-refractivity contribution in [2.75, 3.05) is 16.2 Å². The zero-order valence-corrected chi connectivity index (χ0v) is 14.1. The lowest BCUT2D eigenvalue weighted by Gasteiger charge is -2.26. The van der Waals surface area contributed by atoms with E-state index >= 15 is 0 Å². The van der Waals surface area contributed by atoms with E-state index in [1.54, 1.807) is 41.3 Å². The molecular formula is C18H20N2O3S. The molecule has 0 bridgehead atoms. The second kappa shape index (κ2) is 7.05. The molecule has 1 fully saturated rings. The topological polar surface area (TPSA) is 66.5 Å². The highest BCUT2D eigenvalue weighted by Crippen LogP contribution is 2.23. The molecule has 0 saturated carbocycles. The third kappa shape index (κ3) is 4.14. The average Bonchev–Trinajstić information content (AvgIpc) is 2.56. The second-order valence-electron chi connectivity index (χ2n) is 5.90. The standard InChI is InChI=1S/C18H20N2O3S/c21-18-8-4-5-13-20(18)17-11-9-16(10-12-17)19-24(22,23)14-15-6-2-1-3-7-15/h1-3,6-7,9-12,19H,4-5,8,13-14H2. The van der Waals surface area contributed by atoms with Crippen LogP contribution in [0.15, 0.2) is 54.6 Å². The molecule has 24 heavy (non-hydrogen) atoms. The zero-order chi connectivity index (χ0) is 17.0. The van der Waals surface area contributed by atoms with E-state index in [1.807, 2.05) is 18.2 Å². The Hall–Kier alpha value is -2.34. The molecule has 126 valence electrons. The smallest absolute Gasteiger partial charge is 0.236 e. The Morgan fingerprint density at radius 3 is 2.33 bits per heavy atom. The highest BCUT2D eigenvalue weighted by Gasteiger charge is 2.19. The fourth-order valence-corrected chi connectivity index (χ4v) is 4.00. The molecule has 1 heterocycles. The lowest BCUT2D eigenvalue weighted by atomic mass is 10.1. The maximum absolute atomic E-state index is 12.2. The fourth-order valence-electron chi connectivity index (χ4n) is 2.80. The average molecular weight is 344 g/mol. The summed E-state index contributed by atoms with van der Waals surface area (Å²) >= 11 is 0. The molecule has 6 heteroatoms. The highest BCUT2D eigenvalue weighted by molar-refractivity contribution is 7.91. The summed E-state index contributed by atoms with van der Waals surface area (Å²) in [6.45, 7) is 0.720. The van der Waals surface area contributed by atoms with Gasteiger partial charge in [0.25, 0.3) is 0 Å². The minimum atomic E-state index is -3.47. The van der Waals surface area contributed by atoms with E-state index < -0.39 is 10.0 Å². The first kappa shape index (κ1) is 16.5. The number of hydrogen-bond acceptors (Lipinski definition) is 3. The molecule has 0 aliphatic carbocycles. The van der Waals surface area contributed by atoms with E-state index in [2.05, 4.69) is 4.72 Å². The number of piperidine rings is 1. The van der Waals surface area contributed by atoms with Crippen LogP contribution in [-0.4, -0.2) is 20.9 Å². The Kier molecular flexibility index (Phi) is 4.85. The van der Waals surface area contributed by atoms with Crippen LogP contribution < -0.4 is 9.62 Å². The van der Waals surface area contributed by atoms with Crippen LogP contribution in [0.25, 0.3) is 0 Å².